The molecule has 3 heterocycles. The van der Waals surface area contributed by atoms with E-state index in [1.165, 1.54) is 18.6 Å². The van der Waals surface area contributed by atoms with Crippen molar-refractivity contribution in [1.29, 1.82) is 0 Å². The molecule has 1 amide bonds. The highest BCUT2D eigenvalue weighted by Crippen LogP contribution is 2.32. The van der Waals surface area contributed by atoms with Gasteiger partial charge in [0.15, 0.2) is 0 Å². The van der Waals surface area contributed by atoms with Gasteiger partial charge in [0.25, 0.3) is 0 Å². The summed E-state index contributed by atoms with van der Waals surface area (Å²) in [5.74, 6) is -1.92. The van der Waals surface area contributed by atoms with Gasteiger partial charge in [0.05, 0.1) is 17.4 Å². The van der Waals surface area contributed by atoms with Gasteiger partial charge in [-0.15, -0.1) is 0 Å². The van der Waals surface area contributed by atoms with Crippen molar-refractivity contribution < 1.29 is 23.1 Å². The van der Waals surface area contributed by atoms with Gasteiger partial charge in [-0.1, -0.05) is 0 Å². The van der Waals surface area contributed by atoms with Gasteiger partial charge >= 0.3 is 12.1 Å². The number of halogens is 3. The number of pyridine rings is 1. The number of piperidine rings is 1. The predicted octanol–water partition coefficient (Wildman–Crippen LogP) is 2.00. The highest BCUT2D eigenvalue weighted by molar-refractivity contribution is 5.82. The number of nitrogens with zero attached hydrogens (tertiary/aromatic N) is 4. The first kappa shape index (κ1) is 15.4. The Balaban J connectivity index is 1.80. The number of carbonyl (C=O) groups is 1. The minimum Gasteiger partial charge on any atom is -0.506 e. The molecule has 0 unspecified atom stereocenters. The Labute approximate surface area is 129 Å². The standard InChI is InChI=1S/C14H13F3N4O2/c15-14(16,17)13(23)21-3-1-8(2-4-21)11-12-10(19-7-20-11)5-9(22)6-18-12/h5-8,22H,1-4H2. The van der Waals surface area contributed by atoms with Crippen molar-refractivity contribution in [3.63, 3.8) is 0 Å². The molecule has 0 radical (unpaired) electrons. The second-order valence-corrected chi connectivity index (χ2v) is 5.38. The van der Waals surface area contributed by atoms with Crippen molar-refractivity contribution in [3.05, 3.63) is 24.3 Å². The van der Waals surface area contributed by atoms with Gasteiger partial charge in [-0.2, -0.15) is 13.2 Å². The number of hydrogen-bond donors (Lipinski definition) is 1. The van der Waals surface area contributed by atoms with Gasteiger partial charge < -0.3 is 10.0 Å². The van der Waals surface area contributed by atoms with E-state index in [-0.39, 0.29) is 24.8 Å². The average molecular weight is 326 g/mol. The van der Waals surface area contributed by atoms with E-state index in [4.69, 9.17) is 0 Å². The monoisotopic (exact) mass is 326 g/mol. The maximum absolute atomic E-state index is 12.5. The Kier molecular flexibility index (Phi) is 3.78. The molecule has 2 aromatic rings. The summed E-state index contributed by atoms with van der Waals surface area (Å²) >= 11 is 0. The SMILES string of the molecule is O=C(N1CCC(c2ncnc3cc(O)cnc23)CC1)C(F)(F)F. The molecular weight excluding hydrogens is 313 g/mol. The molecule has 1 aliphatic rings. The zero-order chi connectivity index (χ0) is 16.6. The molecule has 0 aliphatic carbocycles. The van der Waals surface area contributed by atoms with Gasteiger partial charge in [0, 0.05) is 25.1 Å². The van der Waals surface area contributed by atoms with Crippen molar-refractivity contribution in [3.8, 4) is 5.75 Å². The van der Waals surface area contributed by atoms with Crippen LogP contribution in [-0.2, 0) is 4.79 Å². The fraction of sp³-hybridized carbons (Fsp3) is 0.429. The summed E-state index contributed by atoms with van der Waals surface area (Å²) in [4.78, 5) is 24.4. The summed E-state index contributed by atoms with van der Waals surface area (Å²) in [7, 11) is 0. The number of fused-ring (bicyclic) bond motifs is 1. The molecule has 2 aromatic heterocycles. The first-order valence-electron chi connectivity index (χ1n) is 7.02. The van der Waals surface area contributed by atoms with E-state index in [2.05, 4.69) is 15.0 Å². The lowest BCUT2D eigenvalue weighted by molar-refractivity contribution is -0.186. The molecule has 122 valence electrons. The molecular formula is C14H13F3N4O2. The van der Waals surface area contributed by atoms with Crippen LogP contribution in [0.1, 0.15) is 24.5 Å². The maximum atomic E-state index is 12.5. The highest BCUT2D eigenvalue weighted by Gasteiger charge is 2.43. The number of amides is 1. The average Bonchev–Trinajstić information content (AvgIpc) is 2.52. The van der Waals surface area contributed by atoms with E-state index in [0.29, 0.717) is 29.6 Å². The molecule has 6 nitrogen and oxygen atoms in total. The largest absolute Gasteiger partial charge is 0.506 e. The molecule has 1 N–H and O–H groups in total. The number of likely N-dealkylation sites (tertiary alicyclic amines) is 1. The summed E-state index contributed by atoms with van der Waals surface area (Å²) < 4.78 is 37.4. The lowest BCUT2D eigenvalue weighted by Crippen LogP contribution is -2.45. The van der Waals surface area contributed by atoms with Crippen LogP contribution in [0.5, 0.6) is 5.75 Å². The minimum atomic E-state index is -4.84. The number of aromatic hydroxyl groups is 1. The smallest absolute Gasteiger partial charge is 0.471 e. The molecule has 3 rings (SSSR count). The Morgan fingerprint density at radius 2 is 1.91 bits per heavy atom. The molecule has 0 bridgehead atoms. The summed E-state index contributed by atoms with van der Waals surface area (Å²) in [6, 6.07) is 1.45. The van der Waals surface area contributed by atoms with Crippen LogP contribution in [0, 0.1) is 0 Å². The number of carbonyl (C=O) groups excluding carboxylic acids is 1. The third-order valence-electron chi connectivity index (χ3n) is 3.90. The van der Waals surface area contributed by atoms with Crippen LogP contribution in [-0.4, -0.2) is 50.1 Å². The van der Waals surface area contributed by atoms with Crippen LogP contribution in [0.15, 0.2) is 18.6 Å². The lowest BCUT2D eigenvalue weighted by Gasteiger charge is -2.32. The number of rotatable bonds is 1. The molecule has 1 aliphatic heterocycles. The molecule has 9 heteroatoms. The van der Waals surface area contributed by atoms with Gasteiger partial charge in [-0.05, 0) is 12.8 Å². The Bertz CT molecular complexity index is 742. The molecule has 0 saturated carbocycles. The summed E-state index contributed by atoms with van der Waals surface area (Å²) in [5.41, 5.74) is 1.63. The summed E-state index contributed by atoms with van der Waals surface area (Å²) in [6.45, 7) is 0.0409. The van der Waals surface area contributed by atoms with Crippen LogP contribution in [0.2, 0.25) is 0 Å². The van der Waals surface area contributed by atoms with E-state index in [0.717, 1.165) is 4.90 Å². The first-order valence-corrected chi connectivity index (χ1v) is 7.02. The van der Waals surface area contributed by atoms with Crippen LogP contribution < -0.4 is 0 Å². The molecule has 23 heavy (non-hydrogen) atoms. The molecule has 0 atom stereocenters. The van der Waals surface area contributed by atoms with Gasteiger partial charge in [0.1, 0.15) is 17.6 Å². The van der Waals surface area contributed by atoms with E-state index in [9.17, 15) is 23.1 Å². The molecule has 1 saturated heterocycles. The van der Waals surface area contributed by atoms with Crippen molar-refractivity contribution in [2.45, 2.75) is 24.9 Å². The second-order valence-electron chi connectivity index (χ2n) is 5.38. The number of aromatic nitrogens is 3. The van der Waals surface area contributed by atoms with Gasteiger partial charge in [0.2, 0.25) is 0 Å². The topological polar surface area (TPSA) is 79.2 Å². The Morgan fingerprint density at radius 3 is 2.57 bits per heavy atom. The van der Waals surface area contributed by atoms with Crippen LogP contribution in [0.3, 0.4) is 0 Å². The van der Waals surface area contributed by atoms with E-state index in [1.54, 1.807) is 0 Å². The van der Waals surface area contributed by atoms with E-state index in [1.807, 2.05) is 0 Å². The van der Waals surface area contributed by atoms with Crippen molar-refractivity contribution in [2.75, 3.05) is 13.1 Å². The molecule has 0 aromatic carbocycles. The van der Waals surface area contributed by atoms with E-state index < -0.39 is 12.1 Å². The zero-order valence-corrected chi connectivity index (χ0v) is 11.9. The minimum absolute atomic E-state index is 0.0204. The highest BCUT2D eigenvalue weighted by atomic mass is 19.4. The van der Waals surface area contributed by atoms with E-state index >= 15 is 0 Å². The number of alkyl halides is 3. The predicted molar refractivity (Wildman–Crippen MR) is 73.6 cm³/mol. The third kappa shape index (κ3) is 3.03. The zero-order valence-electron chi connectivity index (χ0n) is 11.9. The Morgan fingerprint density at radius 1 is 1.22 bits per heavy atom. The third-order valence-corrected chi connectivity index (χ3v) is 3.90. The van der Waals surface area contributed by atoms with Crippen LogP contribution in [0.4, 0.5) is 13.2 Å². The fourth-order valence-electron chi connectivity index (χ4n) is 2.79. The summed E-state index contributed by atoms with van der Waals surface area (Å²) in [5, 5.41) is 9.43. The van der Waals surface area contributed by atoms with Gasteiger partial charge in [-0.3, -0.25) is 4.79 Å². The quantitative estimate of drug-likeness (QED) is 0.867. The van der Waals surface area contributed by atoms with Crippen LogP contribution in [0.25, 0.3) is 11.0 Å². The van der Waals surface area contributed by atoms with Gasteiger partial charge in [-0.25, -0.2) is 15.0 Å². The van der Waals surface area contributed by atoms with Crippen molar-refractivity contribution >= 4 is 16.9 Å². The fourth-order valence-corrected chi connectivity index (χ4v) is 2.79. The second kappa shape index (κ2) is 5.64. The molecule has 1 fully saturated rings. The lowest BCUT2D eigenvalue weighted by atomic mass is 9.92. The maximum Gasteiger partial charge on any atom is 0.471 e. The first-order chi connectivity index (χ1) is 10.9. The van der Waals surface area contributed by atoms with Crippen molar-refractivity contribution in [2.24, 2.45) is 0 Å². The molecule has 0 spiro atoms. The number of hydrogen-bond acceptors (Lipinski definition) is 5. The normalized spacial score (nSPS) is 16.7. The van der Waals surface area contributed by atoms with Crippen LogP contribution >= 0.6 is 0 Å². The van der Waals surface area contributed by atoms with Crippen molar-refractivity contribution in [1.82, 2.24) is 19.9 Å². The Hall–Kier alpha value is -2.45. The summed E-state index contributed by atoms with van der Waals surface area (Å²) in [6.07, 6.45) is -1.48.